The van der Waals surface area contributed by atoms with Crippen LogP contribution >= 0.6 is 0 Å². The molecule has 0 spiro atoms. The third kappa shape index (κ3) is 4.28. The molecule has 1 aliphatic heterocycles. The van der Waals surface area contributed by atoms with E-state index in [0.717, 1.165) is 45.9 Å². The first-order chi connectivity index (χ1) is 17.9. The van der Waals surface area contributed by atoms with Crippen molar-refractivity contribution >= 4 is 17.6 Å². The number of nitrogens with one attached hydrogen (secondary N) is 1. The number of benzene rings is 2. The molecule has 4 bridgehead atoms. The zero-order chi connectivity index (χ0) is 25.7. The SMILES string of the molecule is CCC(=O)N1[C@@H](c2ccc(NC34CC5CC(CC(C5)C3)C4)cc2)c2ccc(OC)cc2C[C@@H]1C(=O)OC. The van der Waals surface area contributed by atoms with Crippen LogP contribution in [0.15, 0.2) is 42.5 Å². The zero-order valence-electron chi connectivity index (χ0n) is 22.2. The Hall–Kier alpha value is -3.02. The smallest absolute Gasteiger partial charge is 0.328 e. The summed E-state index contributed by atoms with van der Waals surface area (Å²) >= 11 is 0. The van der Waals surface area contributed by atoms with Crippen LogP contribution in [0.4, 0.5) is 5.69 Å². The van der Waals surface area contributed by atoms with E-state index in [1.807, 2.05) is 25.1 Å². The molecule has 4 aliphatic carbocycles. The summed E-state index contributed by atoms with van der Waals surface area (Å²) in [6.45, 7) is 1.84. The predicted octanol–water partition coefficient (Wildman–Crippen LogP) is 5.50. The topological polar surface area (TPSA) is 67.9 Å². The third-order valence-corrected chi connectivity index (χ3v) is 9.41. The fourth-order valence-electron chi connectivity index (χ4n) is 8.28. The first kappa shape index (κ1) is 24.3. The Labute approximate surface area is 219 Å². The highest BCUT2D eigenvalue weighted by Gasteiger charge is 2.51. The second-order valence-corrected chi connectivity index (χ2v) is 11.8. The molecule has 196 valence electrons. The van der Waals surface area contributed by atoms with Crippen molar-refractivity contribution in [2.45, 2.75) is 75.9 Å². The maximum Gasteiger partial charge on any atom is 0.328 e. The van der Waals surface area contributed by atoms with Crippen molar-refractivity contribution in [2.24, 2.45) is 17.8 Å². The monoisotopic (exact) mass is 502 g/mol. The minimum atomic E-state index is -0.674. The molecule has 37 heavy (non-hydrogen) atoms. The molecule has 1 heterocycles. The number of esters is 1. The van der Waals surface area contributed by atoms with Crippen LogP contribution in [0.3, 0.4) is 0 Å². The Morgan fingerprint density at radius 3 is 2.19 bits per heavy atom. The lowest BCUT2D eigenvalue weighted by atomic mass is 9.53. The maximum absolute atomic E-state index is 13.3. The van der Waals surface area contributed by atoms with Gasteiger partial charge < -0.3 is 19.7 Å². The van der Waals surface area contributed by atoms with Crippen LogP contribution in [0.25, 0.3) is 0 Å². The summed E-state index contributed by atoms with van der Waals surface area (Å²) in [5.74, 6) is 2.96. The van der Waals surface area contributed by atoms with Crippen LogP contribution in [0, 0.1) is 17.8 Å². The largest absolute Gasteiger partial charge is 0.497 e. The van der Waals surface area contributed by atoms with E-state index in [1.54, 1.807) is 12.0 Å². The van der Waals surface area contributed by atoms with E-state index in [0.29, 0.717) is 12.8 Å². The summed E-state index contributed by atoms with van der Waals surface area (Å²) in [7, 11) is 3.03. The fourth-order valence-corrected chi connectivity index (χ4v) is 8.28. The second-order valence-electron chi connectivity index (χ2n) is 11.8. The number of amides is 1. The average Bonchev–Trinajstić information content (AvgIpc) is 2.90. The lowest BCUT2D eigenvalue weighted by molar-refractivity contribution is -0.155. The molecule has 6 heteroatoms. The number of rotatable bonds is 6. The molecule has 0 unspecified atom stereocenters. The van der Waals surface area contributed by atoms with Crippen LogP contribution < -0.4 is 10.1 Å². The summed E-state index contributed by atoms with van der Waals surface area (Å²) in [5.41, 5.74) is 4.43. The van der Waals surface area contributed by atoms with E-state index in [2.05, 4.69) is 29.6 Å². The van der Waals surface area contributed by atoms with Gasteiger partial charge in [-0.2, -0.15) is 0 Å². The van der Waals surface area contributed by atoms with Crippen LogP contribution in [-0.2, 0) is 20.7 Å². The first-order valence-corrected chi connectivity index (χ1v) is 13.9. The van der Waals surface area contributed by atoms with Gasteiger partial charge in [0.2, 0.25) is 5.91 Å². The number of carbonyl (C=O) groups is 2. The summed E-state index contributed by atoms with van der Waals surface area (Å²) in [4.78, 5) is 27.9. The Bertz CT molecular complexity index is 1150. The predicted molar refractivity (Wildman–Crippen MR) is 142 cm³/mol. The summed E-state index contributed by atoms with van der Waals surface area (Å²) < 4.78 is 10.6. The number of anilines is 1. The highest BCUT2D eigenvalue weighted by Crippen LogP contribution is 2.56. The minimum absolute atomic E-state index is 0.0577. The minimum Gasteiger partial charge on any atom is -0.497 e. The van der Waals surface area contributed by atoms with Crippen molar-refractivity contribution in [1.29, 1.82) is 0 Å². The molecule has 1 amide bonds. The van der Waals surface area contributed by atoms with Gasteiger partial charge in [-0.15, -0.1) is 0 Å². The van der Waals surface area contributed by atoms with E-state index in [-0.39, 0.29) is 23.5 Å². The maximum atomic E-state index is 13.3. The van der Waals surface area contributed by atoms with Gasteiger partial charge in [-0.25, -0.2) is 4.79 Å². The molecule has 5 aliphatic rings. The van der Waals surface area contributed by atoms with E-state index in [4.69, 9.17) is 9.47 Å². The van der Waals surface area contributed by atoms with Crippen LogP contribution in [0.1, 0.15) is 74.6 Å². The number of fused-ring (bicyclic) bond motifs is 1. The molecule has 4 fully saturated rings. The summed E-state index contributed by atoms with van der Waals surface area (Å²) in [6.07, 6.45) is 8.87. The molecule has 4 saturated carbocycles. The van der Waals surface area contributed by atoms with Crippen molar-refractivity contribution < 1.29 is 19.1 Å². The molecule has 2 aromatic carbocycles. The average molecular weight is 503 g/mol. The normalized spacial score (nSPS) is 31.5. The van der Waals surface area contributed by atoms with Gasteiger partial charge in [0.05, 0.1) is 20.3 Å². The quantitative estimate of drug-likeness (QED) is 0.528. The number of hydrogen-bond donors (Lipinski definition) is 1. The lowest BCUT2D eigenvalue weighted by Crippen LogP contribution is -2.54. The Kier molecular flexibility index (Phi) is 6.16. The number of methoxy groups -OCH3 is 2. The fraction of sp³-hybridized carbons (Fsp3) is 0.548. The zero-order valence-corrected chi connectivity index (χ0v) is 22.2. The van der Waals surface area contributed by atoms with Gasteiger partial charge in [0.1, 0.15) is 11.8 Å². The number of ether oxygens (including phenoxy) is 2. The highest BCUT2D eigenvalue weighted by atomic mass is 16.5. The van der Waals surface area contributed by atoms with E-state index in [1.165, 1.54) is 45.6 Å². The standard InChI is InChI=1S/C31H38N2O4/c1-4-28(34)33-27(30(35)37-3)15-23-14-25(36-2)9-10-26(23)29(33)22-5-7-24(8-6-22)32-31-16-19-11-20(17-31)13-21(12-19)18-31/h5-10,14,19-21,27,29,32H,4,11-13,15-18H2,1-3H3/t19?,20?,21?,27-,29+,31?/m1/s1. The Morgan fingerprint density at radius 1 is 0.973 bits per heavy atom. The summed E-state index contributed by atoms with van der Waals surface area (Å²) in [6, 6.07) is 13.5. The van der Waals surface area contributed by atoms with Crippen LogP contribution in [0.5, 0.6) is 5.75 Å². The van der Waals surface area contributed by atoms with Gasteiger partial charge in [0, 0.05) is 24.1 Å². The molecule has 0 radical (unpaired) electrons. The molecule has 2 atom stereocenters. The molecular weight excluding hydrogens is 464 g/mol. The second kappa shape index (κ2) is 9.38. The van der Waals surface area contributed by atoms with Crippen molar-refractivity contribution in [1.82, 2.24) is 4.90 Å². The van der Waals surface area contributed by atoms with Gasteiger partial charge in [-0.05, 0) is 97.2 Å². The van der Waals surface area contributed by atoms with Crippen molar-refractivity contribution in [2.75, 3.05) is 19.5 Å². The molecule has 1 N–H and O–H groups in total. The van der Waals surface area contributed by atoms with Crippen LogP contribution in [0.2, 0.25) is 0 Å². The van der Waals surface area contributed by atoms with Gasteiger partial charge in [-0.3, -0.25) is 4.79 Å². The van der Waals surface area contributed by atoms with E-state index < -0.39 is 6.04 Å². The van der Waals surface area contributed by atoms with E-state index >= 15 is 0 Å². The van der Waals surface area contributed by atoms with Crippen LogP contribution in [-0.4, -0.2) is 42.6 Å². The first-order valence-electron chi connectivity index (χ1n) is 13.9. The Morgan fingerprint density at radius 2 is 1.62 bits per heavy atom. The molecule has 0 saturated heterocycles. The van der Waals surface area contributed by atoms with Gasteiger partial charge in [-0.1, -0.05) is 25.1 Å². The highest BCUT2D eigenvalue weighted by molar-refractivity contribution is 5.86. The number of nitrogens with zero attached hydrogens (tertiary/aromatic N) is 1. The molecule has 7 rings (SSSR count). The van der Waals surface area contributed by atoms with Crippen molar-refractivity contribution in [3.63, 3.8) is 0 Å². The number of hydrogen-bond acceptors (Lipinski definition) is 5. The molecular formula is C31H38N2O4. The van der Waals surface area contributed by atoms with Gasteiger partial charge >= 0.3 is 5.97 Å². The van der Waals surface area contributed by atoms with Gasteiger partial charge in [0.25, 0.3) is 0 Å². The third-order valence-electron chi connectivity index (χ3n) is 9.41. The number of carbonyl (C=O) groups excluding carboxylic acids is 2. The van der Waals surface area contributed by atoms with Crippen molar-refractivity contribution in [3.05, 3.63) is 59.2 Å². The molecule has 6 nitrogen and oxygen atoms in total. The van der Waals surface area contributed by atoms with Gasteiger partial charge in [0.15, 0.2) is 0 Å². The van der Waals surface area contributed by atoms with Crippen molar-refractivity contribution in [3.8, 4) is 5.75 Å². The lowest BCUT2D eigenvalue weighted by Gasteiger charge is -2.57. The molecule has 0 aromatic heterocycles. The molecule has 2 aromatic rings. The van der Waals surface area contributed by atoms with E-state index in [9.17, 15) is 9.59 Å². The summed E-state index contributed by atoms with van der Waals surface area (Å²) in [5, 5.41) is 3.96. The Balaban J connectivity index is 1.34.